The predicted octanol–water partition coefficient (Wildman–Crippen LogP) is 2.87. The van der Waals surface area contributed by atoms with Crippen LogP contribution in [-0.4, -0.2) is 35.5 Å². The number of alkyl carbamates (subject to hydrolysis) is 1. The Labute approximate surface area is 164 Å². The van der Waals surface area contributed by atoms with Gasteiger partial charge in [-0.3, -0.25) is 15.0 Å². The van der Waals surface area contributed by atoms with Gasteiger partial charge in [-0.05, 0) is 44.0 Å². The maximum absolute atomic E-state index is 13.4. The molecule has 2 aromatic rings. The van der Waals surface area contributed by atoms with Crippen molar-refractivity contribution in [1.29, 1.82) is 0 Å². The molecule has 0 aliphatic carbocycles. The van der Waals surface area contributed by atoms with Gasteiger partial charge in [0, 0.05) is 12.7 Å². The fourth-order valence-corrected chi connectivity index (χ4v) is 3.11. The Bertz CT molecular complexity index is 934. The standard InChI is InChI=1S/C21H24N4O3/c1-20(2,3)28-19(27)23-18-24-21(17(26)25(18)4,14-9-6-5-7-10-14)15-11-8-12-16(22)13-15/h5-13H,22H2,1-4H3,(H,23,24,27). The van der Waals surface area contributed by atoms with E-state index in [0.29, 0.717) is 16.8 Å². The van der Waals surface area contributed by atoms with E-state index in [9.17, 15) is 9.59 Å². The predicted molar refractivity (Wildman–Crippen MR) is 108 cm³/mol. The number of anilines is 1. The molecule has 0 spiro atoms. The number of guanidine groups is 1. The molecule has 3 N–H and O–H groups in total. The number of carbonyl (C=O) groups is 2. The lowest BCUT2D eigenvalue weighted by molar-refractivity contribution is -0.129. The minimum atomic E-state index is -1.34. The molecule has 0 aromatic heterocycles. The summed E-state index contributed by atoms with van der Waals surface area (Å²) in [6.45, 7) is 5.29. The van der Waals surface area contributed by atoms with Crippen molar-refractivity contribution in [2.45, 2.75) is 31.9 Å². The van der Waals surface area contributed by atoms with Crippen LogP contribution in [-0.2, 0) is 15.1 Å². The van der Waals surface area contributed by atoms with E-state index in [1.165, 1.54) is 4.90 Å². The second kappa shape index (κ2) is 6.99. The first kappa shape index (κ1) is 19.4. The number of ether oxygens (including phenoxy) is 1. The second-order valence-corrected chi connectivity index (χ2v) is 7.63. The lowest BCUT2D eigenvalue weighted by atomic mass is 9.82. The normalized spacial score (nSPS) is 19.4. The zero-order valence-electron chi connectivity index (χ0n) is 16.4. The highest BCUT2D eigenvalue weighted by Gasteiger charge is 2.50. The van der Waals surface area contributed by atoms with Crippen LogP contribution >= 0.6 is 0 Å². The molecule has 1 aliphatic rings. The average molecular weight is 380 g/mol. The first-order valence-corrected chi connectivity index (χ1v) is 8.93. The van der Waals surface area contributed by atoms with E-state index in [1.807, 2.05) is 30.3 Å². The third kappa shape index (κ3) is 3.55. The van der Waals surface area contributed by atoms with E-state index < -0.39 is 17.2 Å². The Morgan fingerprint density at radius 2 is 1.75 bits per heavy atom. The molecule has 7 heteroatoms. The molecule has 1 unspecified atom stereocenters. The molecule has 1 heterocycles. The van der Waals surface area contributed by atoms with Crippen molar-refractivity contribution in [3.05, 3.63) is 65.7 Å². The number of benzene rings is 2. The zero-order valence-corrected chi connectivity index (χ0v) is 16.4. The number of nitrogens with two attached hydrogens (primary N) is 1. The van der Waals surface area contributed by atoms with Gasteiger partial charge in [0.05, 0.1) is 0 Å². The summed E-state index contributed by atoms with van der Waals surface area (Å²) in [5, 5.41) is 2.59. The molecule has 2 amide bonds. The summed E-state index contributed by atoms with van der Waals surface area (Å²) in [4.78, 5) is 31.6. The van der Waals surface area contributed by atoms with Crippen LogP contribution in [0.4, 0.5) is 10.5 Å². The van der Waals surface area contributed by atoms with Crippen LogP contribution in [0, 0.1) is 0 Å². The first-order chi connectivity index (χ1) is 13.1. The molecule has 0 radical (unpaired) electrons. The van der Waals surface area contributed by atoms with Gasteiger partial charge in [0.2, 0.25) is 5.96 Å². The van der Waals surface area contributed by atoms with Gasteiger partial charge in [0.1, 0.15) is 5.60 Å². The van der Waals surface area contributed by atoms with E-state index >= 15 is 0 Å². The molecule has 1 atom stereocenters. The number of hydrogen-bond donors (Lipinski definition) is 2. The lowest BCUT2D eigenvalue weighted by Crippen LogP contribution is -2.45. The third-order valence-electron chi connectivity index (χ3n) is 4.31. The fraction of sp³-hybridized carbons (Fsp3) is 0.286. The number of rotatable bonds is 2. The quantitative estimate of drug-likeness (QED) is 0.783. The number of nitrogens with one attached hydrogen (secondary N) is 1. The van der Waals surface area contributed by atoms with Gasteiger partial charge in [-0.1, -0.05) is 42.5 Å². The number of carbonyl (C=O) groups excluding carboxylic acids is 2. The smallest absolute Gasteiger partial charge is 0.414 e. The Morgan fingerprint density at radius 1 is 1.11 bits per heavy atom. The van der Waals surface area contributed by atoms with Crippen LogP contribution in [0.2, 0.25) is 0 Å². The maximum Gasteiger partial charge on any atom is 0.414 e. The minimum Gasteiger partial charge on any atom is -0.444 e. The summed E-state index contributed by atoms with van der Waals surface area (Å²) >= 11 is 0. The summed E-state index contributed by atoms with van der Waals surface area (Å²) in [7, 11) is 1.57. The van der Waals surface area contributed by atoms with Crippen LogP contribution in [0.3, 0.4) is 0 Å². The molecule has 28 heavy (non-hydrogen) atoms. The minimum absolute atomic E-state index is 0.116. The van der Waals surface area contributed by atoms with Crippen molar-refractivity contribution in [3.8, 4) is 0 Å². The van der Waals surface area contributed by atoms with Crippen molar-refractivity contribution < 1.29 is 14.3 Å². The molecule has 3 rings (SSSR count). The molecule has 0 saturated carbocycles. The molecule has 2 aromatic carbocycles. The maximum atomic E-state index is 13.4. The van der Waals surface area contributed by atoms with Gasteiger partial charge >= 0.3 is 6.09 Å². The molecule has 0 bridgehead atoms. The number of hydrogen-bond acceptors (Lipinski definition) is 5. The summed E-state index contributed by atoms with van der Waals surface area (Å²) in [6, 6.07) is 16.2. The highest BCUT2D eigenvalue weighted by Crippen LogP contribution is 2.39. The molecule has 146 valence electrons. The number of amides is 2. The highest BCUT2D eigenvalue weighted by atomic mass is 16.6. The first-order valence-electron chi connectivity index (χ1n) is 8.93. The zero-order chi connectivity index (χ0) is 20.5. The van der Waals surface area contributed by atoms with E-state index in [-0.39, 0.29) is 11.9 Å². The topological polar surface area (TPSA) is 97.0 Å². The number of nitrogen functional groups attached to an aromatic ring is 1. The summed E-state index contributed by atoms with van der Waals surface area (Å²) in [5.74, 6) is -0.180. The van der Waals surface area contributed by atoms with Crippen LogP contribution in [0.25, 0.3) is 0 Å². The molecule has 7 nitrogen and oxygen atoms in total. The van der Waals surface area contributed by atoms with Gasteiger partial charge < -0.3 is 10.5 Å². The SMILES string of the molecule is CN1C(=O)C(c2ccccc2)(c2cccc(N)c2)N=C1NC(=O)OC(C)(C)C. The highest BCUT2D eigenvalue weighted by molar-refractivity contribution is 6.12. The second-order valence-electron chi connectivity index (χ2n) is 7.63. The molecule has 0 saturated heterocycles. The summed E-state index contributed by atoms with van der Waals surface area (Å²) < 4.78 is 5.29. The van der Waals surface area contributed by atoms with Gasteiger partial charge in [-0.2, -0.15) is 0 Å². The Morgan fingerprint density at radius 3 is 2.36 bits per heavy atom. The lowest BCUT2D eigenvalue weighted by Gasteiger charge is -2.26. The molecular weight excluding hydrogens is 356 g/mol. The summed E-state index contributed by atoms with van der Waals surface area (Å²) in [5.41, 5.74) is 5.78. The van der Waals surface area contributed by atoms with Crippen molar-refractivity contribution in [2.75, 3.05) is 12.8 Å². The van der Waals surface area contributed by atoms with Gasteiger partial charge in [-0.15, -0.1) is 0 Å². The van der Waals surface area contributed by atoms with Crippen LogP contribution < -0.4 is 11.1 Å². The van der Waals surface area contributed by atoms with Crippen molar-refractivity contribution in [2.24, 2.45) is 4.99 Å². The van der Waals surface area contributed by atoms with Crippen LogP contribution in [0.15, 0.2) is 59.6 Å². The Kier molecular flexibility index (Phi) is 4.85. The van der Waals surface area contributed by atoms with Crippen molar-refractivity contribution in [3.63, 3.8) is 0 Å². The molecule has 0 fully saturated rings. The largest absolute Gasteiger partial charge is 0.444 e. The van der Waals surface area contributed by atoms with E-state index in [2.05, 4.69) is 10.3 Å². The monoisotopic (exact) mass is 380 g/mol. The number of likely N-dealkylation sites (N-methyl/N-ethyl adjacent to an activating group) is 1. The Hall–Kier alpha value is -3.35. The van der Waals surface area contributed by atoms with E-state index in [0.717, 1.165) is 0 Å². The average Bonchev–Trinajstić information content (AvgIpc) is 2.87. The summed E-state index contributed by atoms with van der Waals surface area (Å²) in [6.07, 6.45) is -0.678. The Balaban J connectivity index is 2.10. The van der Waals surface area contributed by atoms with Crippen LogP contribution in [0.1, 0.15) is 31.9 Å². The van der Waals surface area contributed by atoms with Crippen LogP contribution in [0.5, 0.6) is 0 Å². The molecular formula is C21H24N4O3. The van der Waals surface area contributed by atoms with E-state index in [1.54, 1.807) is 52.1 Å². The van der Waals surface area contributed by atoms with E-state index in [4.69, 9.17) is 10.5 Å². The van der Waals surface area contributed by atoms with Gasteiger partial charge in [-0.25, -0.2) is 9.79 Å². The third-order valence-corrected chi connectivity index (χ3v) is 4.31. The number of nitrogens with zero attached hydrogens (tertiary/aromatic N) is 2. The van der Waals surface area contributed by atoms with Gasteiger partial charge in [0.15, 0.2) is 5.54 Å². The molecule has 1 aliphatic heterocycles. The number of aliphatic imine (C=N–C) groups is 1. The van der Waals surface area contributed by atoms with Gasteiger partial charge in [0.25, 0.3) is 5.91 Å². The fourth-order valence-electron chi connectivity index (χ4n) is 3.11. The van der Waals surface area contributed by atoms with Crippen molar-refractivity contribution >= 4 is 23.6 Å². The van der Waals surface area contributed by atoms with Crippen molar-refractivity contribution in [1.82, 2.24) is 10.2 Å².